The Bertz CT molecular complexity index is 326. The largest absolute Gasteiger partial charge is 0.385 e. The maximum absolute atomic E-state index is 12.4. The van der Waals surface area contributed by atoms with Gasteiger partial charge in [0.2, 0.25) is 11.8 Å². The second-order valence-corrected chi connectivity index (χ2v) is 5.59. The summed E-state index contributed by atoms with van der Waals surface area (Å²) in [5, 5.41) is 2.81. The highest BCUT2D eigenvalue weighted by atomic mass is 16.5. The topological polar surface area (TPSA) is 58.6 Å². The van der Waals surface area contributed by atoms with Crippen molar-refractivity contribution in [2.24, 2.45) is 5.92 Å². The lowest BCUT2D eigenvalue weighted by Gasteiger charge is -2.45. The van der Waals surface area contributed by atoms with Crippen LogP contribution in [0.3, 0.4) is 0 Å². The van der Waals surface area contributed by atoms with Crippen molar-refractivity contribution in [3.63, 3.8) is 0 Å². The molecule has 104 valence electrons. The summed E-state index contributed by atoms with van der Waals surface area (Å²) in [5.74, 6) is 0.0198. The Morgan fingerprint density at radius 3 is 2.50 bits per heavy atom. The van der Waals surface area contributed by atoms with E-state index in [9.17, 15) is 9.59 Å². The molecule has 0 aromatic carbocycles. The van der Waals surface area contributed by atoms with Crippen LogP contribution in [0.5, 0.6) is 0 Å². The predicted octanol–water partition coefficient (Wildman–Crippen LogP) is 0.784. The van der Waals surface area contributed by atoms with E-state index in [1.54, 1.807) is 25.9 Å². The Labute approximate surface area is 109 Å². The number of nitrogens with one attached hydrogen (secondary N) is 1. The summed E-state index contributed by atoms with van der Waals surface area (Å²) in [5.41, 5.74) is -0.782. The molecule has 1 fully saturated rings. The smallest absolute Gasteiger partial charge is 0.246 e. The van der Waals surface area contributed by atoms with Gasteiger partial charge >= 0.3 is 0 Å². The molecule has 0 aromatic rings. The Balaban J connectivity index is 2.85. The SMILES string of the molecule is COCCCN1C(=O)C(C(C)C)NC(=O)C1(C)C. The molecule has 0 aliphatic carbocycles. The van der Waals surface area contributed by atoms with Crippen molar-refractivity contribution in [3.8, 4) is 0 Å². The van der Waals surface area contributed by atoms with Gasteiger partial charge in [-0.1, -0.05) is 13.8 Å². The van der Waals surface area contributed by atoms with Crippen molar-refractivity contribution in [2.45, 2.75) is 45.7 Å². The van der Waals surface area contributed by atoms with Gasteiger partial charge in [-0.2, -0.15) is 0 Å². The molecular formula is C13H24N2O3. The van der Waals surface area contributed by atoms with Gasteiger partial charge in [0.15, 0.2) is 0 Å². The van der Waals surface area contributed by atoms with Gasteiger partial charge in [0, 0.05) is 20.3 Å². The first-order valence-electron chi connectivity index (χ1n) is 6.43. The Kier molecular flexibility index (Phi) is 4.73. The molecule has 1 aliphatic heterocycles. The third-order valence-corrected chi connectivity index (χ3v) is 3.45. The Hall–Kier alpha value is -1.10. The van der Waals surface area contributed by atoms with Crippen molar-refractivity contribution in [1.29, 1.82) is 0 Å². The summed E-state index contributed by atoms with van der Waals surface area (Å²) in [7, 11) is 1.63. The first kappa shape index (κ1) is 15.0. The van der Waals surface area contributed by atoms with Crippen LogP contribution in [-0.4, -0.2) is 48.6 Å². The molecule has 1 N–H and O–H groups in total. The Morgan fingerprint density at radius 2 is 2.00 bits per heavy atom. The highest BCUT2D eigenvalue weighted by Crippen LogP contribution is 2.23. The highest BCUT2D eigenvalue weighted by Gasteiger charge is 2.46. The van der Waals surface area contributed by atoms with Crippen molar-refractivity contribution < 1.29 is 14.3 Å². The molecule has 2 amide bonds. The van der Waals surface area contributed by atoms with Gasteiger partial charge in [0.25, 0.3) is 0 Å². The van der Waals surface area contributed by atoms with Gasteiger partial charge in [-0.05, 0) is 26.2 Å². The van der Waals surface area contributed by atoms with Gasteiger partial charge < -0.3 is 15.0 Å². The molecule has 1 rings (SSSR count). The second-order valence-electron chi connectivity index (χ2n) is 5.59. The minimum Gasteiger partial charge on any atom is -0.385 e. The standard InChI is InChI=1S/C13H24N2O3/c1-9(2)10-11(16)15(7-6-8-18-5)13(3,4)12(17)14-10/h9-10H,6-8H2,1-5H3,(H,14,17). The van der Waals surface area contributed by atoms with Gasteiger partial charge in [-0.25, -0.2) is 0 Å². The zero-order chi connectivity index (χ0) is 13.9. The first-order chi connectivity index (χ1) is 8.32. The third kappa shape index (κ3) is 2.83. The monoisotopic (exact) mass is 256 g/mol. The fourth-order valence-corrected chi connectivity index (χ4v) is 2.15. The molecule has 0 saturated carbocycles. The third-order valence-electron chi connectivity index (χ3n) is 3.45. The lowest BCUT2D eigenvalue weighted by Crippen LogP contribution is -2.69. The predicted molar refractivity (Wildman–Crippen MR) is 69.1 cm³/mol. The van der Waals surface area contributed by atoms with Crippen molar-refractivity contribution in [3.05, 3.63) is 0 Å². The molecule has 1 atom stereocenters. The highest BCUT2D eigenvalue weighted by molar-refractivity contribution is 5.99. The summed E-state index contributed by atoms with van der Waals surface area (Å²) >= 11 is 0. The van der Waals surface area contributed by atoms with E-state index < -0.39 is 11.6 Å². The lowest BCUT2D eigenvalue weighted by atomic mass is 9.91. The van der Waals surface area contributed by atoms with E-state index in [1.807, 2.05) is 13.8 Å². The van der Waals surface area contributed by atoms with E-state index in [4.69, 9.17) is 4.74 Å². The van der Waals surface area contributed by atoms with Crippen LogP contribution in [0.2, 0.25) is 0 Å². The van der Waals surface area contributed by atoms with Crippen molar-refractivity contribution >= 4 is 11.8 Å². The number of hydrogen-bond donors (Lipinski definition) is 1. The van der Waals surface area contributed by atoms with Crippen LogP contribution >= 0.6 is 0 Å². The number of nitrogens with zero attached hydrogens (tertiary/aromatic N) is 1. The van der Waals surface area contributed by atoms with Gasteiger partial charge in [-0.15, -0.1) is 0 Å². The van der Waals surface area contributed by atoms with E-state index >= 15 is 0 Å². The normalized spacial score (nSPS) is 23.4. The van der Waals surface area contributed by atoms with Gasteiger partial charge in [-0.3, -0.25) is 9.59 Å². The number of carbonyl (C=O) groups excluding carboxylic acids is 2. The van der Waals surface area contributed by atoms with Crippen LogP contribution in [0.25, 0.3) is 0 Å². The number of methoxy groups -OCH3 is 1. The minimum absolute atomic E-state index is 0.00528. The second kappa shape index (κ2) is 5.69. The zero-order valence-corrected chi connectivity index (χ0v) is 11.9. The number of rotatable bonds is 5. The van der Waals surface area contributed by atoms with Gasteiger partial charge in [0.1, 0.15) is 11.6 Å². The van der Waals surface area contributed by atoms with Gasteiger partial charge in [0.05, 0.1) is 0 Å². The number of piperazine rings is 1. The van der Waals surface area contributed by atoms with Crippen LogP contribution in [-0.2, 0) is 14.3 Å². The maximum Gasteiger partial charge on any atom is 0.246 e. The molecule has 5 nitrogen and oxygen atoms in total. The minimum atomic E-state index is -0.782. The number of ether oxygens (including phenoxy) is 1. The van der Waals surface area contributed by atoms with Crippen LogP contribution < -0.4 is 5.32 Å². The van der Waals surface area contributed by atoms with Crippen LogP contribution in [0, 0.1) is 5.92 Å². The van der Waals surface area contributed by atoms with Crippen LogP contribution in [0.4, 0.5) is 0 Å². The van der Waals surface area contributed by atoms with E-state index in [1.165, 1.54) is 0 Å². The quantitative estimate of drug-likeness (QED) is 0.740. The molecule has 1 saturated heterocycles. The van der Waals surface area contributed by atoms with E-state index in [0.29, 0.717) is 13.2 Å². The van der Waals surface area contributed by atoms with E-state index in [-0.39, 0.29) is 17.7 Å². The molecule has 0 aromatic heterocycles. The zero-order valence-electron chi connectivity index (χ0n) is 11.9. The molecule has 18 heavy (non-hydrogen) atoms. The molecular weight excluding hydrogens is 232 g/mol. The molecule has 0 radical (unpaired) electrons. The first-order valence-corrected chi connectivity index (χ1v) is 6.43. The number of amides is 2. The molecule has 1 aliphatic rings. The molecule has 1 heterocycles. The summed E-state index contributed by atoms with van der Waals surface area (Å²) < 4.78 is 5.00. The van der Waals surface area contributed by atoms with E-state index in [2.05, 4.69) is 5.32 Å². The molecule has 1 unspecified atom stereocenters. The Morgan fingerprint density at radius 1 is 1.39 bits per heavy atom. The molecule has 0 bridgehead atoms. The average Bonchev–Trinajstić information content (AvgIpc) is 2.28. The summed E-state index contributed by atoms with van der Waals surface area (Å²) in [4.78, 5) is 26.2. The maximum atomic E-state index is 12.4. The molecule has 5 heteroatoms. The average molecular weight is 256 g/mol. The summed E-state index contributed by atoms with van der Waals surface area (Å²) in [6.07, 6.45) is 0.740. The van der Waals surface area contributed by atoms with Crippen LogP contribution in [0.1, 0.15) is 34.1 Å². The van der Waals surface area contributed by atoms with Crippen LogP contribution in [0.15, 0.2) is 0 Å². The van der Waals surface area contributed by atoms with Crippen molar-refractivity contribution in [1.82, 2.24) is 10.2 Å². The fraction of sp³-hybridized carbons (Fsp3) is 0.846. The summed E-state index contributed by atoms with van der Waals surface area (Å²) in [6.45, 7) is 8.58. The fourth-order valence-electron chi connectivity index (χ4n) is 2.15. The summed E-state index contributed by atoms with van der Waals surface area (Å²) in [6, 6.07) is -0.409. The number of hydrogen-bond acceptors (Lipinski definition) is 3. The lowest BCUT2D eigenvalue weighted by molar-refractivity contribution is -0.156. The van der Waals surface area contributed by atoms with E-state index in [0.717, 1.165) is 6.42 Å². The molecule has 0 spiro atoms. The number of carbonyl (C=O) groups is 2. The van der Waals surface area contributed by atoms with Crippen molar-refractivity contribution in [2.75, 3.05) is 20.3 Å².